The average Bonchev–Trinajstić information content (AvgIpc) is 2.65. The molecule has 0 fully saturated rings. The zero-order valence-electron chi connectivity index (χ0n) is 18.8. The molecule has 10 heteroatoms. The average molecular weight is 461 g/mol. The highest BCUT2D eigenvalue weighted by Gasteiger charge is 2.25. The van der Waals surface area contributed by atoms with Crippen molar-refractivity contribution in [1.82, 2.24) is 0 Å². The van der Waals surface area contributed by atoms with Gasteiger partial charge in [-0.05, 0) is 6.42 Å². The summed E-state index contributed by atoms with van der Waals surface area (Å²) in [7, 11) is -4.67. The van der Waals surface area contributed by atoms with Crippen molar-refractivity contribution in [1.29, 1.82) is 0 Å². The lowest BCUT2D eigenvalue weighted by Gasteiger charge is -2.37. The normalized spacial score (nSPS) is 11.9. The van der Waals surface area contributed by atoms with Crippen LogP contribution in [0, 0.1) is 0 Å². The third-order valence-electron chi connectivity index (χ3n) is 5.08. The van der Waals surface area contributed by atoms with Crippen LogP contribution in [0.5, 0.6) is 0 Å². The van der Waals surface area contributed by atoms with Crippen LogP contribution in [-0.2, 0) is 15.1 Å². The number of quaternary nitrogens is 1. The molecule has 0 bridgehead atoms. The summed E-state index contributed by atoms with van der Waals surface area (Å²) in [6, 6.07) is 0. The second-order valence-electron chi connectivity index (χ2n) is 7.65. The van der Waals surface area contributed by atoms with E-state index in [1.165, 1.54) is 57.8 Å². The number of aliphatic hydroxyl groups is 3. The lowest BCUT2D eigenvalue weighted by atomic mass is 10.1. The molecule has 0 aromatic carbocycles. The largest absolute Gasteiger partial charge is 0.394 e. The van der Waals surface area contributed by atoms with E-state index in [0.29, 0.717) is 30.7 Å². The Morgan fingerprint density at radius 2 is 1.00 bits per heavy atom. The lowest BCUT2D eigenvalue weighted by Crippen LogP contribution is -2.55. The Morgan fingerprint density at radius 3 is 1.37 bits per heavy atom. The Hall–Kier alpha value is -0.330. The van der Waals surface area contributed by atoms with Crippen LogP contribution in [0.25, 0.3) is 0 Å². The topological polar surface area (TPSA) is 145 Å². The van der Waals surface area contributed by atoms with E-state index >= 15 is 0 Å². The van der Waals surface area contributed by atoms with Gasteiger partial charge in [-0.1, -0.05) is 64.7 Å². The molecule has 30 heavy (non-hydrogen) atoms. The van der Waals surface area contributed by atoms with Gasteiger partial charge >= 0.3 is 10.4 Å². The van der Waals surface area contributed by atoms with Crippen molar-refractivity contribution in [3.63, 3.8) is 0 Å². The van der Waals surface area contributed by atoms with E-state index < -0.39 is 10.4 Å². The van der Waals surface area contributed by atoms with Crippen molar-refractivity contribution in [2.75, 3.05) is 59.2 Å². The molecule has 0 aliphatic heterocycles. The van der Waals surface area contributed by atoms with Crippen molar-refractivity contribution < 1.29 is 42.1 Å². The summed E-state index contributed by atoms with van der Waals surface area (Å²) in [5.41, 5.74) is 0. The molecule has 0 aliphatic rings. The van der Waals surface area contributed by atoms with Gasteiger partial charge in [-0.3, -0.25) is 9.11 Å². The molecule has 5 N–H and O–H groups in total. The maximum atomic E-state index is 9.24. The fraction of sp³-hybridized carbons (Fsp3) is 1.00. The van der Waals surface area contributed by atoms with Gasteiger partial charge < -0.3 is 24.5 Å². The van der Waals surface area contributed by atoms with E-state index in [4.69, 9.17) is 22.3 Å². The summed E-state index contributed by atoms with van der Waals surface area (Å²) in [5.74, 6) is 0. The van der Waals surface area contributed by atoms with Gasteiger partial charge in [0.05, 0.1) is 26.4 Å². The minimum Gasteiger partial charge on any atom is -0.391 e. The molecule has 0 heterocycles. The quantitative estimate of drug-likeness (QED) is 0.105. The van der Waals surface area contributed by atoms with Crippen LogP contribution >= 0.6 is 0 Å². The standard InChI is InChI=1S/C20H44NO4.H2O4S/c1-2-3-4-5-6-7-8-9-10-11-19-25-20-15-21(12-16-22,13-17-23)14-18-24;1-5(2,3)4/h22-24H,2-20H2,1H3;(H2,1,2,3,4)/q+1;. The molecule has 0 spiro atoms. The van der Waals surface area contributed by atoms with Crippen LogP contribution in [0.4, 0.5) is 0 Å². The Kier molecular flexibility index (Phi) is 23.2. The van der Waals surface area contributed by atoms with Crippen LogP contribution in [0.1, 0.15) is 71.1 Å². The van der Waals surface area contributed by atoms with Gasteiger partial charge in [-0.25, -0.2) is 0 Å². The monoisotopic (exact) mass is 460 g/mol. The first kappa shape index (κ1) is 31.9. The highest BCUT2D eigenvalue weighted by molar-refractivity contribution is 7.79. The first-order chi connectivity index (χ1) is 14.2. The molecule has 0 saturated heterocycles. The number of hydrogen-bond acceptors (Lipinski definition) is 6. The van der Waals surface area contributed by atoms with Gasteiger partial charge in [0.15, 0.2) is 0 Å². The molecular formula is C20H46NO8S+. The first-order valence-corrected chi connectivity index (χ1v) is 12.6. The molecule has 0 radical (unpaired) electrons. The summed E-state index contributed by atoms with van der Waals surface area (Å²) in [4.78, 5) is 0. The van der Waals surface area contributed by atoms with Gasteiger partial charge in [-0.15, -0.1) is 0 Å². The van der Waals surface area contributed by atoms with E-state index in [-0.39, 0.29) is 19.8 Å². The summed E-state index contributed by atoms with van der Waals surface area (Å²) in [5, 5.41) is 27.7. The van der Waals surface area contributed by atoms with E-state index in [2.05, 4.69) is 6.92 Å². The zero-order valence-corrected chi connectivity index (χ0v) is 19.6. The molecular weight excluding hydrogens is 414 g/mol. The van der Waals surface area contributed by atoms with Gasteiger partial charge in [0, 0.05) is 6.61 Å². The van der Waals surface area contributed by atoms with Crippen molar-refractivity contribution in [2.24, 2.45) is 0 Å². The van der Waals surface area contributed by atoms with E-state index in [0.717, 1.165) is 19.6 Å². The van der Waals surface area contributed by atoms with Crippen LogP contribution < -0.4 is 0 Å². The highest BCUT2D eigenvalue weighted by atomic mass is 32.3. The van der Waals surface area contributed by atoms with Crippen LogP contribution in [0.3, 0.4) is 0 Å². The molecule has 9 nitrogen and oxygen atoms in total. The molecule has 0 rings (SSSR count). The van der Waals surface area contributed by atoms with Crippen LogP contribution in [0.2, 0.25) is 0 Å². The number of nitrogens with zero attached hydrogens (tertiary/aromatic N) is 1. The predicted molar refractivity (Wildman–Crippen MR) is 118 cm³/mol. The predicted octanol–water partition coefficient (Wildman–Crippen LogP) is 2.06. The van der Waals surface area contributed by atoms with Crippen LogP contribution in [0.15, 0.2) is 0 Å². The number of unbranched alkanes of at least 4 members (excludes halogenated alkanes) is 9. The molecule has 0 saturated carbocycles. The number of hydrogen-bond donors (Lipinski definition) is 5. The second kappa shape index (κ2) is 21.9. The van der Waals surface area contributed by atoms with Crippen molar-refractivity contribution in [3.8, 4) is 0 Å². The van der Waals surface area contributed by atoms with E-state index in [9.17, 15) is 15.3 Å². The number of ether oxygens (including phenoxy) is 1. The van der Waals surface area contributed by atoms with Gasteiger partial charge in [0.2, 0.25) is 0 Å². The van der Waals surface area contributed by atoms with Gasteiger partial charge in [0.1, 0.15) is 26.2 Å². The third kappa shape index (κ3) is 25.7. The molecule has 0 amide bonds. The highest BCUT2D eigenvalue weighted by Crippen LogP contribution is 2.11. The zero-order chi connectivity index (χ0) is 23.1. The fourth-order valence-electron chi connectivity index (χ4n) is 3.36. The first-order valence-electron chi connectivity index (χ1n) is 11.2. The number of rotatable bonds is 20. The molecule has 0 unspecified atom stereocenters. The van der Waals surface area contributed by atoms with Crippen molar-refractivity contribution in [3.05, 3.63) is 0 Å². The van der Waals surface area contributed by atoms with Gasteiger partial charge in [0.25, 0.3) is 0 Å². The minimum atomic E-state index is -4.67. The molecule has 0 aliphatic carbocycles. The molecule has 0 aromatic rings. The van der Waals surface area contributed by atoms with Gasteiger partial charge in [-0.2, -0.15) is 8.42 Å². The third-order valence-corrected chi connectivity index (χ3v) is 5.08. The lowest BCUT2D eigenvalue weighted by molar-refractivity contribution is -0.929. The molecule has 0 aromatic heterocycles. The Labute approximate surface area is 183 Å². The minimum absolute atomic E-state index is 0.0679. The molecule has 0 atom stereocenters. The smallest absolute Gasteiger partial charge is 0.391 e. The van der Waals surface area contributed by atoms with Crippen LogP contribution in [-0.4, -0.2) is 96.5 Å². The van der Waals surface area contributed by atoms with Crippen molar-refractivity contribution >= 4 is 10.4 Å². The summed E-state index contributed by atoms with van der Waals surface area (Å²) in [6.45, 7) is 6.28. The van der Waals surface area contributed by atoms with E-state index in [1.54, 1.807) is 0 Å². The summed E-state index contributed by atoms with van der Waals surface area (Å²) in [6.07, 6.45) is 13.2. The Balaban J connectivity index is 0. The SMILES string of the molecule is CCCCCCCCCCCCOCC[N+](CCO)(CCO)CCO.O=S(=O)(O)O. The van der Waals surface area contributed by atoms with E-state index in [1.807, 2.05) is 0 Å². The number of aliphatic hydroxyl groups excluding tert-OH is 3. The Bertz CT molecular complexity index is 423. The summed E-state index contributed by atoms with van der Waals surface area (Å²) >= 11 is 0. The Morgan fingerprint density at radius 1 is 0.633 bits per heavy atom. The maximum absolute atomic E-state index is 9.24. The van der Waals surface area contributed by atoms with Crippen molar-refractivity contribution in [2.45, 2.75) is 71.1 Å². The summed E-state index contributed by atoms with van der Waals surface area (Å²) < 4.78 is 37.9. The maximum Gasteiger partial charge on any atom is 0.394 e. The fourth-order valence-corrected chi connectivity index (χ4v) is 3.36. The molecule has 184 valence electrons. The second-order valence-corrected chi connectivity index (χ2v) is 8.54.